The van der Waals surface area contributed by atoms with Gasteiger partial charge in [0.15, 0.2) is 5.82 Å². The van der Waals surface area contributed by atoms with Gasteiger partial charge in [0, 0.05) is 18.0 Å². The fourth-order valence-electron chi connectivity index (χ4n) is 3.36. The first kappa shape index (κ1) is 15.3. The summed E-state index contributed by atoms with van der Waals surface area (Å²) < 4.78 is 0. The van der Waals surface area contributed by atoms with Crippen molar-refractivity contribution in [1.29, 1.82) is 0 Å². The maximum Gasteiger partial charge on any atom is 0.176 e. The lowest BCUT2D eigenvalue weighted by atomic mass is 9.71. The highest BCUT2D eigenvalue weighted by atomic mass is 15.6. The van der Waals surface area contributed by atoms with Gasteiger partial charge in [-0.15, -0.1) is 10.2 Å². The minimum absolute atomic E-state index is 0.0699. The van der Waals surface area contributed by atoms with E-state index in [1.54, 1.807) is 7.05 Å². The Morgan fingerprint density at radius 2 is 2.10 bits per heavy atom. The minimum Gasteiger partial charge on any atom is -0.302 e. The molecule has 7 heteroatoms. The van der Waals surface area contributed by atoms with Crippen molar-refractivity contribution in [2.24, 2.45) is 18.8 Å². The van der Waals surface area contributed by atoms with E-state index in [-0.39, 0.29) is 11.6 Å². The molecule has 0 aliphatic heterocycles. The summed E-state index contributed by atoms with van der Waals surface area (Å²) >= 11 is 0. The second-order valence-corrected chi connectivity index (χ2v) is 6.30. The molecule has 0 amide bonds. The summed E-state index contributed by atoms with van der Waals surface area (Å²) in [6.07, 6.45) is 5.48. The van der Waals surface area contributed by atoms with Crippen molar-refractivity contribution < 1.29 is 0 Å². The van der Waals surface area contributed by atoms with Crippen LogP contribution in [-0.2, 0) is 13.5 Å². The average molecular weight is 281 g/mol. The number of hydrogen-bond donors (Lipinski definition) is 2. The van der Waals surface area contributed by atoms with E-state index < -0.39 is 0 Å². The van der Waals surface area contributed by atoms with E-state index in [2.05, 4.69) is 46.8 Å². The molecule has 2 rings (SSSR count). The zero-order chi connectivity index (χ0) is 14.8. The van der Waals surface area contributed by atoms with Crippen molar-refractivity contribution >= 4 is 0 Å². The number of nitrogens with one attached hydrogen (secondary N) is 1. The predicted molar refractivity (Wildman–Crippen MR) is 77.7 cm³/mol. The van der Waals surface area contributed by atoms with Crippen LogP contribution in [0.15, 0.2) is 0 Å². The van der Waals surface area contributed by atoms with Gasteiger partial charge in [-0.1, -0.05) is 6.92 Å². The average Bonchev–Trinajstić information content (AvgIpc) is 2.82. The van der Waals surface area contributed by atoms with Crippen molar-refractivity contribution in [3.8, 4) is 0 Å². The SMILES string of the molecule is CC1CCC(C(Cc2nnn(C)n2)NN)(N(C)C)CC1. The van der Waals surface area contributed by atoms with Crippen molar-refractivity contribution in [3.63, 3.8) is 0 Å². The summed E-state index contributed by atoms with van der Waals surface area (Å²) in [5, 5.41) is 12.3. The molecule has 0 saturated heterocycles. The zero-order valence-corrected chi connectivity index (χ0v) is 13.0. The van der Waals surface area contributed by atoms with Crippen LogP contribution in [0.25, 0.3) is 0 Å². The molecule has 20 heavy (non-hydrogen) atoms. The highest BCUT2D eigenvalue weighted by Gasteiger charge is 2.43. The van der Waals surface area contributed by atoms with Crippen LogP contribution >= 0.6 is 0 Å². The number of aromatic nitrogens is 4. The zero-order valence-electron chi connectivity index (χ0n) is 13.0. The standard InChI is InChI=1S/C13H27N7/c1-10-5-7-13(8-6-10,19(2)3)11(15-14)9-12-16-18-20(4)17-12/h10-11,15H,5-9,14H2,1-4H3. The summed E-state index contributed by atoms with van der Waals surface area (Å²) in [5.74, 6) is 7.40. The molecule has 1 heterocycles. The number of tetrazole rings is 1. The number of likely N-dealkylation sites (N-methyl/N-ethyl adjacent to an activating group) is 1. The first-order valence-corrected chi connectivity index (χ1v) is 7.34. The molecule has 1 unspecified atom stereocenters. The molecule has 0 aromatic carbocycles. The number of nitrogens with two attached hydrogens (primary N) is 1. The van der Waals surface area contributed by atoms with Gasteiger partial charge in [-0.3, -0.25) is 11.3 Å². The molecular weight excluding hydrogens is 254 g/mol. The molecule has 3 N–H and O–H groups in total. The lowest BCUT2D eigenvalue weighted by Gasteiger charge is -2.49. The molecule has 1 fully saturated rings. The number of hydrogen-bond acceptors (Lipinski definition) is 6. The molecule has 1 aliphatic carbocycles. The fourth-order valence-corrected chi connectivity index (χ4v) is 3.36. The molecule has 0 spiro atoms. The van der Waals surface area contributed by atoms with E-state index in [9.17, 15) is 0 Å². The van der Waals surface area contributed by atoms with Crippen LogP contribution in [0.4, 0.5) is 0 Å². The third-order valence-electron chi connectivity index (χ3n) is 4.82. The van der Waals surface area contributed by atoms with Crippen LogP contribution in [0, 0.1) is 5.92 Å². The Bertz CT molecular complexity index is 420. The van der Waals surface area contributed by atoms with E-state index in [0.717, 1.165) is 24.6 Å². The van der Waals surface area contributed by atoms with Crippen molar-refractivity contribution in [2.75, 3.05) is 14.1 Å². The Labute approximate surface area is 120 Å². The lowest BCUT2D eigenvalue weighted by molar-refractivity contribution is 0.0427. The van der Waals surface area contributed by atoms with Gasteiger partial charge in [0.1, 0.15) is 0 Å². The van der Waals surface area contributed by atoms with Gasteiger partial charge < -0.3 is 4.90 Å². The number of hydrazine groups is 1. The first-order valence-electron chi connectivity index (χ1n) is 7.34. The van der Waals surface area contributed by atoms with Crippen LogP contribution in [0.5, 0.6) is 0 Å². The van der Waals surface area contributed by atoms with Crippen molar-refractivity contribution in [3.05, 3.63) is 5.82 Å². The maximum atomic E-state index is 5.86. The van der Waals surface area contributed by atoms with E-state index in [1.165, 1.54) is 17.6 Å². The number of nitrogens with zero attached hydrogens (tertiary/aromatic N) is 5. The highest BCUT2D eigenvalue weighted by Crippen LogP contribution is 2.38. The van der Waals surface area contributed by atoms with E-state index in [4.69, 9.17) is 5.84 Å². The second-order valence-electron chi connectivity index (χ2n) is 6.30. The molecule has 1 aromatic rings. The summed E-state index contributed by atoms with van der Waals surface area (Å²) in [5.41, 5.74) is 3.08. The molecule has 1 saturated carbocycles. The Morgan fingerprint density at radius 1 is 1.45 bits per heavy atom. The van der Waals surface area contributed by atoms with Crippen molar-refractivity contribution in [2.45, 2.75) is 50.6 Å². The van der Waals surface area contributed by atoms with E-state index in [1.807, 2.05) is 0 Å². The van der Waals surface area contributed by atoms with Crippen molar-refractivity contribution in [1.82, 2.24) is 30.5 Å². The van der Waals surface area contributed by atoms with Crippen LogP contribution in [-0.4, -0.2) is 50.8 Å². The summed E-state index contributed by atoms with van der Waals surface area (Å²) in [6.45, 7) is 2.33. The molecule has 114 valence electrons. The van der Waals surface area contributed by atoms with Crippen LogP contribution in [0.1, 0.15) is 38.4 Å². The fraction of sp³-hybridized carbons (Fsp3) is 0.923. The Hall–Kier alpha value is -1.05. The second kappa shape index (κ2) is 6.15. The molecule has 1 aromatic heterocycles. The topological polar surface area (TPSA) is 84.9 Å². The van der Waals surface area contributed by atoms with Crippen LogP contribution < -0.4 is 11.3 Å². The van der Waals surface area contributed by atoms with Crippen LogP contribution in [0.2, 0.25) is 0 Å². The molecule has 7 nitrogen and oxygen atoms in total. The quantitative estimate of drug-likeness (QED) is 0.588. The molecule has 1 aliphatic rings. The Morgan fingerprint density at radius 3 is 2.55 bits per heavy atom. The Kier molecular flexibility index (Phi) is 4.72. The summed E-state index contributed by atoms with van der Waals surface area (Å²) in [7, 11) is 6.07. The number of aryl methyl sites for hydroxylation is 1. The maximum absolute atomic E-state index is 5.86. The van der Waals surface area contributed by atoms with Gasteiger partial charge in [-0.05, 0) is 50.9 Å². The first-order chi connectivity index (χ1) is 9.48. The third kappa shape index (κ3) is 2.99. The van der Waals surface area contributed by atoms with Gasteiger partial charge in [-0.2, -0.15) is 4.80 Å². The molecule has 1 atom stereocenters. The third-order valence-corrected chi connectivity index (χ3v) is 4.82. The Balaban J connectivity index is 2.17. The van der Waals surface area contributed by atoms with E-state index >= 15 is 0 Å². The van der Waals surface area contributed by atoms with E-state index in [0.29, 0.717) is 6.42 Å². The molecule has 0 bridgehead atoms. The number of rotatable bonds is 5. The summed E-state index contributed by atoms with van der Waals surface area (Å²) in [4.78, 5) is 3.81. The highest BCUT2D eigenvalue weighted by molar-refractivity contribution is 5.04. The lowest BCUT2D eigenvalue weighted by Crippen LogP contribution is -2.62. The largest absolute Gasteiger partial charge is 0.302 e. The minimum atomic E-state index is 0.0699. The predicted octanol–water partition coefficient (Wildman–Crippen LogP) is 0.0950. The van der Waals surface area contributed by atoms with Gasteiger partial charge in [0.25, 0.3) is 0 Å². The monoisotopic (exact) mass is 281 g/mol. The normalized spacial score (nSPS) is 28.8. The summed E-state index contributed by atoms with van der Waals surface area (Å²) in [6, 6.07) is 0.134. The van der Waals surface area contributed by atoms with Crippen LogP contribution in [0.3, 0.4) is 0 Å². The van der Waals surface area contributed by atoms with Gasteiger partial charge in [0.05, 0.1) is 7.05 Å². The molecular formula is C13H27N7. The smallest absolute Gasteiger partial charge is 0.176 e. The van der Waals surface area contributed by atoms with Gasteiger partial charge >= 0.3 is 0 Å². The van der Waals surface area contributed by atoms with Gasteiger partial charge in [-0.25, -0.2) is 0 Å². The van der Waals surface area contributed by atoms with Gasteiger partial charge in [0.2, 0.25) is 0 Å². The molecule has 0 radical (unpaired) electrons.